The van der Waals surface area contributed by atoms with E-state index >= 15 is 0 Å². The van der Waals surface area contributed by atoms with E-state index in [1.807, 2.05) is 12.1 Å². The minimum atomic E-state index is 0.383. The molecule has 3 unspecified atom stereocenters. The number of rotatable bonds is 3. The van der Waals surface area contributed by atoms with E-state index in [0.717, 1.165) is 12.3 Å². The number of phenolic OH excluding ortho intramolecular Hbond substituents is 1. The summed E-state index contributed by atoms with van der Waals surface area (Å²) in [5.74, 6) is 4.44. The Hall–Kier alpha value is -1.06. The Kier molecular flexibility index (Phi) is 4.95. The van der Waals surface area contributed by atoms with Crippen molar-refractivity contribution in [2.24, 2.45) is 11.3 Å². The van der Waals surface area contributed by atoms with Crippen LogP contribution in [0.25, 0.3) is 0 Å². The zero-order valence-corrected chi connectivity index (χ0v) is 18.3. The molecule has 28 heavy (non-hydrogen) atoms. The summed E-state index contributed by atoms with van der Waals surface area (Å²) in [6, 6.07) is 17.2. The van der Waals surface area contributed by atoms with Crippen LogP contribution in [0.2, 0.25) is 0 Å². The maximum Gasteiger partial charge on any atom is 0.115 e. The van der Waals surface area contributed by atoms with E-state index in [9.17, 15) is 5.11 Å². The Morgan fingerprint density at radius 3 is 2.61 bits per heavy atom. The number of phenols is 1. The SMILES string of the molecule is CC12CCc3cc(O)ccc3C1CC1(CC2CCc2ccccc2)SCCS1. The first-order valence-electron chi connectivity index (χ1n) is 10.7. The van der Waals surface area contributed by atoms with Crippen LogP contribution in [0.1, 0.15) is 55.2 Å². The van der Waals surface area contributed by atoms with Gasteiger partial charge in [0.05, 0.1) is 4.08 Å². The number of aryl methyl sites for hydroxylation is 2. The zero-order chi connectivity index (χ0) is 19.2. The van der Waals surface area contributed by atoms with Crippen LogP contribution < -0.4 is 0 Å². The summed E-state index contributed by atoms with van der Waals surface area (Å²) in [6.07, 6.45) is 7.55. The van der Waals surface area contributed by atoms with Crippen molar-refractivity contribution in [3.63, 3.8) is 0 Å². The standard InChI is InChI=1S/C25H30OS2/c1-24-12-11-19-15-21(26)9-10-22(19)23(24)17-25(27-13-14-28-25)16-20(24)8-7-18-5-3-2-4-6-18/h2-6,9-10,15,20,23,26H,7-8,11-14,16-17H2,1H3. The number of hydrogen-bond donors (Lipinski definition) is 1. The van der Waals surface area contributed by atoms with Gasteiger partial charge in [-0.2, -0.15) is 0 Å². The third kappa shape index (κ3) is 3.29. The maximum atomic E-state index is 10.0. The zero-order valence-electron chi connectivity index (χ0n) is 16.7. The Labute approximate surface area is 177 Å². The molecule has 148 valence electrons. The number of benzene rings is 2. The van der Waals surface area contributed by atoms with Gasteiger partial charge in [-0.05, 0) is 84.6 Å². The summed E-state index contributed by atoms with van der Waals surface area (Å²) in [7, 11) is 0. The smallest absolute Gasteiger partial charge is 0.115 e. The van der Waals surface area contributed by atoms with Crippen molar-refractivity contribution in [2.75, 3.05) is 11.5 Å². The Morgan fingerprint density at radius 2 is 1.82 bits per heavy atom. The molecule has 0 bridgehead atoms. The fraction of sp³-hybridized carbons (Fsp3) is 0.520. The van der Waals surface area contributed by atoms with Crippen molar-refractivity contribution >= 4 is 23.5 Å². The molecule has 0 amide bonds. The van der Waals surface area contributed by atoms with Gasteiger partial charge in [-0.25, -0.2) is 0 Å². The highest BCUT2D eigenvalue weighted by atomic mass is 32.2. The third-order valence-electron chi connectivity index (χ3n) is 7.67. The fourth-order valence-electron chi connectivity index (χ4n) is 6.07. The molecule has 1 spiro atoms. The van der Waals surface area contributed by atoms with Gasteiger partial charge < -0.3 is 5.11 Å². The highest BCUT2D eigenvalue weighted by Crippen LogP contribution is 2.66. The van der Waals surface area contributed by atoms with Crippen molar-refractivity contribution < 1.29 is 5.11 Å². The molecule has 2 aromatic rings. The predicted molar refractivity (Wildman–Crippen MR) is 122 cm³/mol. The Balaban J connectivity index is 1.48. The highest BCUT2D eigenvalue weighted by Gasteiger charge is 2.55. The van der Waals surface area contributed by atoms with Gasteiger partial charge in [0.25, 0.3) is 0 Å². The summed E-state index contributed by atoms with van der Waals surface area (Å²) in [6.45, 7) is 2.58. The second-order valence-electron chi connectivity index (χ2n) is 9.18. The van der Waals surface area contributed by atoms with Gasteiger partial charge >= 0.3 is 0 Å². The summed E-state index contributed by atoms with van der Waals surface area (Å²) in [5, 5.41) is 10.0. The van der Waals surface area contributed by atoms with Crippen molar-refractivity contribution in [1.82, 2.24) is 0 Å². The molecule has 3 heteroatoms. The van der Waals surface area contributed by atoms with Gasteiger partial charge in [0.15, 0.2) is 0 Å². The molecule has 1 N–H and O–H groups in total. The predicted octanol–water partition coefficient (Wildman–Crippen LogP) is 6.65. The molecule has 0 radical (unpaired) electrons. The van der Waals surface area contributed by atoms with Crippen molar-refractivity contribution in [1.29, 1.82) is 0 Å². The van der Waals surface area contributed by atoms with Crippen LogP contribution in [0.15, 0.2) is 48.5 Å². The molecule has 3 aliphatic rings. The minimum absolute atomic E-state index is 0.383. The van der Waals surface area contributed by atoms with Crippen molar-refractivity contribution in [3.8, 4) is 5.75 Å². The second-order valence-corrected chi connectivity index (χ2v) is 12.4. The van der Waals surface area contributed by atoms with Gasteiger partial charge in [-0.15, -0.1) is 23.5 Å². The number of thioether (sulfide) groups is 2. The maximum absolute atomic E-state index is 10.0. The number of aromatic hydroxyl groups is 1. The van der Waals surface area contributed by atoms with Crippen LogP contribution in [0.4, 0.5) is 0 Å². The molecule has 3 atom stereocenters. The number of hydrogen-bond acceptors (Lipinski definition) is 3. The molecule has 1 heterocycles. The van der Waals surface area contributed by atoms with Gasteiger partial charge in [0.1, 0.15) is 5.75 Å². The van der Waals surface area contributed by atoms with Gasteiger partial charge in [0, 0.05) is 11.5 Å². The van der Waals surface area contributed by atoms with E-state index in [1.54, 1.807) is 0 Å². The minimum Gasteiger partial charge on any atom is -0.508 e. The summed E-state index contributed by atoms with van der Waals surface area (Å²) in [4.78, 5) is 0. The quantitative estimate of drug-likeness (QED) is 0.612. The molecule has 1 aliphatic heterocycles. The molecule has 0 aromatic heterocycles. The van der Waals surface area contributed by atoms with Gasteiger partial charge in [-0.1, -0.05) is 43.3 Å². The van der Waals surface area contributed by atoms with Crippen LogP contribution in [0, 0.1) is 11.3 Å². The first kappa shape index (κ1) is 18.9. The third-order valence-corrected chi connectivity index (χ3v) is 11.2. The van der Waals surface area contributed by atoms with E-state index in [2.05, 4.69) is 66.8 Å². The topological polar surface area (TPSA) is 20.2 Å². The Morgan fingerprint density at radius 1 is 1.04 bits per heavy atom. The van der Waals surface area contributed by atoms with Gasteiger partial charge in [0.2, 0.25) is 0 Å². The van der Waals surface area contributed by atoms with Crippen LogP contribution in [0.3, 0.4) is 0 Å². The van der Waals surface area contributed by atoms with Crippen molar-refractivity contribution in [3.05, 3.63) is 65.2 Å². The van der Waals surface area contributed by atoms with Crippen LogP contribution in [0.5, 0.6) is 5.75 Å². The van der Waals surface area contributed by atoms with E-state index in [-0.39, 0.29) is 0 Å². The molecule has 2 aromatic carbocycles. The van der Waals surface area contributed by atoms with Crippen molar-refractivity contribution in [2.45, 2.75) is 55.4 Å². The molecule has 5 rings (SSSR count). The fourth-order valence-corrected chi connectivity index (χ4v) is 9.52. The molecule has 1 nitrogen and oxygen atoms in total. The second kappa shape index (κ2) is 7.32. The molecule has 1 saturated carbocycles. The van der Waals surface area contributed by atoms with Crippen LogP contribution >= 0.6 is 23.5 Å². The Bertz CT molecular complexity index is 843. The van der Waals surface area contributed by atoms with E-state index in [1.165, 1.54) is 60.3 Å². The van der Waals surface area contributed by atoms with Crippen LogP contribution in [-0.4, -0.2) is 20.7 Å². The monoisotopic (exact) mass is 410 g/mol. The lowest BCUT2D eigenvalue weighted by atomic mass is 9.53. The average molecular weight is 411 g/mol. The highest BCUT2D eigenvalue weighted by molar-refractivity contribution is 8.21. The van der Waals surface area contributed by atoms with E-state index in [0.29, 0.717) is 21.2 Å². The van der Waals surface area contributed by atoms with Crippen LogP contribution in [-0.2, 0) is 12.8 Å². The summed E-state index contributed by atoms with van der Waals surface area (Å²) >= 11 is 4.47. The normalized spacial score (nSPS) is 30.8. The summed E-state index contributed by atoms with van der Waals surface area (Å²) < 4.78 is 0.415. The van der Waals surface area contributed by atoms with E-state index in [4.69, 9.17) is 0 Å². The average Bonchev–Trinajstić information content (AvgIpc) is 3.16. The molecular formula is C25H30OS2. The molecule has 2 fully saturated rings. The summed E-state index contributed by atoms with van der Waals surface area (Å²) in [5.41, 5.74) is 4.79. The van der Waals surface area contributed by atoms with Gasteiger partial charge in [-0.3, -0.25) is 0 Å². The lowest BCUT2D eigenvalue weighted by molar-refractivity contribution is 0.0577. The number of fused-ring (bicyclic) bond motifs is 3. The molecule has 1 saturated heterocycles. The largest absolute Gasteiger partial charge is 0.508 e. The first-order chi connectivity index (χ1) is 13.6. The van der Waals surface area contributed by atoms with E-state index < -0.39 is 0 Å². The molecular weight excluding hydrogens is 380 g/mol. The molecule has 2 aliphatic carbocycles. The lowest BCUT2D eigenvalue weighted by Crippen LogP contribution is -2.47. The lowest BCUT2D eigenvalue weighted by Gasteiger charge is -2.56. The first-order valence-corrected chi connectivity index (χ1v) is 12.7.